The Kier molecular flexibility index (Phi) is 10.1. The second-order valence-corrected chi connectivity index (χ2v) is 8.96. The van der Waals surface area contributed by atoms with Crippen molar-refractivity contribution in [3.05, 3.63) is 131 Å². The van der Waals surface area contributed by atoms with Crippen molar-refractivity contribution in [1.29, 1.82) is 0 Å². The van der Waals surface area contributed by atoms with Crippen LogP contribution in [0.5, 0.6) is 0 Å². The summed E-state index contributed by atoms with van der Waals surface area (Å²) in [4.78, 5) is 15.5. The lowest BCUT2D eigenvalue weighted by Crippen LogP contribution is -2.50. The molecule has 35 heavy (non-hydrogen) atoms. The number of hydrogen-bond donors (Lipinski definition) is 1. The van der Waals surface area contributed by atoms with Crippen LogP contribution in [-0.2, 0) is 9.53 Å². The molecule has 0 radical (unpaired) electrons. The van der Waals surface area contributed by atoms with E-state index < -0.39 is 6.04 Å². The van der Waals surface area contributed by atoms with Crippen molar-refractivity contribution in [2.75, 3.05) is 20.2 Å². The molecule has 0 aliphatic rings. The first-order valence-corrected chi connectivity index (χ1v) is 12.1. The Hall–Kier alpha value is -2.89. The van der Waals surface area contributed by atoms with Crippen LogP contribution in [0.1, 0.15) is 28.8 Å². The SMILES string of the molecule is C=CCN(CC=C)[C@@H](c1ccccc1)[C@H](NC(c1ccc(Cl)cc1)c1ccc(Cl)cc1)C(=O)OC. The number of ether oxygens (including phenoxy) is 1. The van der Waals surface area contributed by atoms with Gasteiger partial charge in [-0.2, -0.15) is 0 Å². The van der Waals surface area contributed by atoms with E-state index in [1.165, 1.54) is 7.11 Å². The van der Waals surface area contributed by atoms with Gasteiger partial charge >= 0.3 is 5.97 Å². The maximum Gasteiger partial charge on any atom is 0.324 e. The Morgan fingerprint density at radius 1 is 0.857 bits per heavy atom. The molecule has 0 spiro atoms. The van der Waals surface area contributed by atoms with Crippen molar-refractivity contribution >= 4 is 29.2 Å². The van der Waals surface area contributed by atoms with Crippen LogP contribution >= 0.6 is 23.2 Å². The Morgan fingerprint density at radius 3 is 1.77 bits per heavy atom. The van der Waals surface area contributed by atoms with Crippen LogP contribution in [0.25, 0.3) is 0 Å². The van der Waals surface area contributed by atoms with Crippen molar-refractivity contribution < 1.29 is 9.53 Å². The molecule has 2 atom stereocenters. The molecule has 0 fully saturated rings. The normalized spacial score (nSPS) is 12.8. The second-order valence-electron chi connectivity index (χ2n) is 8.09. The third-order valence-electron chi connectivity index (χ3n) is 5.79. The number of nitrogens with zero attached hydrogens (tertiary/aromatic N) is 1. The minimum atomic E-state index is -0.710. The maximum absolute atomic E-state index is 13.3. The predicted molar refractivity (Wildman–Crippen MR) is 145 cm³/mol. The third kappa shape index (κ3) is 7.06. The first-order valence-electron chi connectivity index (χ1n) is 11.3. The van der Waals surface area contributed by atoms with Gasteiger partial charge in [0.05, 0.1) is 19.2 Å². The van der Waals surface area contributed by atoms with Gasteiger partial charge in [-0.15, -0.1) is 13.2 Å². The monoisotopic (exact) mass is 508 g/mol. The molecule has 3 aromatic rings. The number of hydrogen-bond acceptors (Lipinski definition) is 4. The Bertz CT molecular complexity index is 1050. The molecule has 0 saturated carbocycles. The zero-order valence-electron chi connectivity index (χ0n) is 19.7. The van der Waals surface area contributed by atoms with Crippen molar-refractivity contribution in [2.45, 2.75) is 18.1 Å². The lowest BCUT2D eigenvalue weighted by molar-refractivity contribution is -0.145. The molecule has 3 rings (SSSR count). The van der Waals surface area contributed by atoms with Crippen LogP contribution < -0.4 is 5.32 Å². The first kappa shape index (κ1) is 26.7. The van der Waals surface area contributed by atoms with E-state index in [4.69, 9.17) is 27.9 Å². The van der Waals surface area contributed by atoms with Crippen LogP contribution in [-0.4, -0.2) is 37.1 Å². The number of benzene rings is 3. The number of carbonyl (C=O) groups is 1. The quantitative estimate of drug-likeness (QED) is 0.220. The van der Waals surface area contributed by atoms with Gasteiger partial charge in [-0.1, -0.05) is 90.0 Å². The lowest BCUT2D eigenvalue weighted by atomic mass is 9.93. The molecular weight excluding hydrogens is 479 g/mol. The Balaban J connectivity index is 2.13. The van der Waals surface area contributed by atoms with E-state index in [9.17, 15) is 4.79 Å². The minimum Gasteiger partial charge on any atom is -0.468 e. The van der Waals surface area contributed by atoms with E-state index in [2.05, 4.69) is 23.4 Å². The van der Waals surface area contributed by atoms with Gasteiger partial charge in [0.15, 0.2) is 0 Å². The summed E-state index contributed by atoms with van der Waals surface area (Å²) in [6.45, 7) is 8.96. The Morgan fingerprint density at radius 2 is 1.34 bits per heavy atom. The standard InChI is InChI=1S/C29H30Cl2N2O2/c1-4-19-33(20-5-2)28(23-9-7-6-8-10-23)27(29(34)35-3)32-26(21-11-15-24(30)16-12-21)22-13-17-25(31)18-14-22/h4-18,26-28,32H,1-2,19-20H2,3H3/t27-,28-/m0/s1. The van der Waals surface area contributed by atoms with Gasteiger partial charge in [-0.3, -0.25) is 15.0 Å². The highest BCUT2D eigenvalue weighted by molar-refractivity contribution is 6.30. The van der Waals surface area contributed by atoms with Gasteiger partial charge in [-0.25, -0.2) is 0 Å². The minimum absolute atomic E-state index is 0.325. The van der Waals surface area contributed by atoms with Gasteiger partial charge in [0, 0.05) is 23.1 Å². The topological polar surface area (TPSA) is 41.6 Å². The molecule has 182 valence electrons. The molecule has 0 saturated heterocycles. The number of rotatable bonds is 12. The largest absolute Gasteiger partial charge is 0.468 e. The van der Waals surface area contributed by atoms with Crippen molar-refractivity contribution in [3.8, 4) is 0 Å². The molecular formula is C29H30Cl2N2O2. The summed E-state index contributed by atoms with van der Waals surface area (Å²) < 4.78 is 5.31. The summed E-state index contributed by atoms with van der Waals surface area (Å²) >= 11 is 12.3. The van der Waals surface area contributed by atoms with Crippen molar-refractivity contribution in [3.63, 3.8) is 0 Å². The fourth-order valence-electron chi connectivity index (χ4n) is 4.19. The van der Waals surface area contributed by atoms with E-state index in [1.807, 2.05) is 91.0 Å². The highest BCUT2D eigenvalue weighted by Gasteiger charge is 2.36. The summed E-state index contributed by atoms with van der Waals surface area (Å²) in [5, 5.41) is 4.88. The first-order chi connectivity index (χ1) is 17.0. The molecule has 1 N–H and O–H groups in total. The fourth-order valence-corrected chi connectivity index (χ4v) is 4.44. The van der Waals surface area contributed by atoms with Gasteiger partial charge in [-0.05, 0) is 41.0 Å². The molecule has 4 nitrogen and oxygen atoms in total. The smallest absolute Gasteiger partial charge is 0.324 e. The van der Waals surface area contributed by atoms with E-state index in [1.54, 1.807) is 0 Å². The zero-order valence-corrected chi connectivity index (χ0v) is 21.3. The van der Waals surface area contributed by atoms with Crippen LogP contribution in [0.4, 0.5) is 0 Å². The molecule has 0 aliphatic carbocycles. The highest BCUT2D eigenvalue weighted by atomic mass is 35.5. The van der Waals surface area contributed by atoms with Crippen LogP contribution in [0.3, 0.4) is 0 Å². The number of carbonyl (C=O) groups excluding carboxylic acids is 1. The number of methoxy groups -OCH3 is 1. The lowest BCUT2D eigenvalue weighted by Gasteiger charge is -2.37. The molecule has 0 aliphatic heterocycles. The number of halogens is 2. The summed E-state index contributed by atoms with van der Waals surface area (Å²) in [5.41, 5.74) is 2.89. The maximum atomic E-state index is 13.3. The van der Waals surface area contributed by atoms with E-state index in [0.717, 1.165) is 16.7 Å². The summed E-state index contributed by atoms with van der Waals surface area (Å²) in [7, 11) is 1.41. The molecule has 0 unspecified atom stereocenters. The third-order valence-corrected chi connectivity index (χ3v) is 6.29. The molecule has 0 aromatic heterocycles. The fraction of sp³-hybridized carbons (Fsp3) is 0.207. The van der Waals surface area contributed by atoms with Crippen LogP contribution in [0.15, 0.2) is 104 Å². The van der Waals surface area contributed by atoms with Gasteiger partial charge in [0.2, 0.25) is 0 Å². The molecule has 0 bridgehead atoms. The second kappa shape index (κ2) is 13.3. The van der Waals surface area contributed by atoms with Crippen molar-refractivity contribution in [1.82, 2.24) is 10.2 Å². The van der Waals surface area contributed by atoms with Crippen LogP contribution in [0.2, 0.25) is 10.0 Å². The molecule has 6 heteroatoms. The van der Waals surface area contributed by atoms with E-state index in [0.29, 0.717) is 23.1 Å². The van der Waals surface area contributed by atoms with E-state index in [-0.39, 0.29) is 18.1 Å². The summed E-state index contributed by atoms with van der Waals surface area (Å²) in [6, 6.07) is 23.7. The van der Waals surface area contributed by atoms with Gasteiger partial charge < -0.3 is 4.74 Å². The van der Waals surface area contributed by atoms with Crippen molar-refractivity contribution in [2.24, 2.45) is 0 Å². The highest BCUT2D eigenvalue weighted by Crippen LogP contribution is 2.31. The predicted octanol–water partition coefficient (Wildman–Crippen LogP) is 6.63. The zero-order chi connectivity index (χ0) is 25.2. The van der Waals surface area contributed by atoms with Gasteiger partial charge in [0.1, 0.15) is 6.04 Å². The molecule has 3 aromatic carbocycles. The number of esters is 1. The summed E-state index contributed by atoms with van der Waals surface area (Å²) in [5.74, 6) is -0.370. The average molecular weight is 509 g/mol. The summed E-state index contributed by atoms with van der Waals surface area (Å²) in [6.07, 6.45) is 3.65. The molecule has 0 amide bonds. The molecule has 0 heterocycles. The number of nitrogens with one attached hydrogen (secondary N) is 1. The van der Waals surface area contributed by atoms with Gasteiger partial charge in [0.25, 0.3) is 0 Å². The Labute approximate surface area is 217 Å². The van der Waals surface area contributed by atoms with Crippen LogP contribution in [0, 0.1) is 0 Å². The van der Waals surface area contributed by atoms with E-state index >= 15 is 0 Å². The average Bonchev–Trinajstić information content (AvgIpc) is 2.88.